The molecule has 0 spiro atoms. The predicted molar refractivity (Wildman–Crippen MR) is 186 cm³/mol. The fourth-order valence-electron chi connectivity index (χ4n) is 7.51. The summed E-state index contributed by atoms with van der Waals surface area (Å²) < 4.78 is 23.3. The summed E-state index contributed by atoms with van der Waals surface area (Å²) in [7, 11) is 4.58. The number of piperidine rings is 1. The lowest BCUT2D eigenvalue weighted by Crippen LogP contribution is -2.50. The summed E-state index contributed by atoms with van der Waals surface area (Å²) in [5.74, 6) is 1.11. The van der Waals surface area contributed by atoms with Crippen molar-refractivity contribution in [3.8, 4) is 17.2 Å². The van der Waals surface area contributed by atoms with Crippen molar-refractivity contribution in [2.75, 3.05) is 54.1 Å². The first-order valence-electron chi connectivity index (χ1n) is 16.9. The van der Waals surface area contributed by atoms with Gasteiger partial charge in [-0.1, -0.05) is 53.9 Å². The fraction of sp³-hybridized carbons (Fsp3) is 0.514. The molecule has 0 saturated carbocycles. The van der Waals surface area contributed by atoms with Crippen LogP contribution in [0.5, 0.6) is 17.2 Å². The number of hydrogen-bond donors (Lipinski definition) is 0. The molecule has 0 radical (unpaired) electrons. The van der Waals surface area contributed by atoms with Crippen LogP contribution in [0.4, 0.5) is 0 Å². The molecule has 11 heteroatoms. The summed E-state index contributed by atoms with van der Waals surface area (Å²) in [4.78, 5) is 33.8. The quantitative estimate of drug-likeness (QED) is 0.263. The molecule has 6 rings (SSSR count). The highest BCUT2D eigenvalue weighted by atomic mass is 35.5. The van der Waals surface area contributed by atoms with Crippen molar-refractivity contribution in [1.29, 1.82) is 0 Å². The molecule has 4 aliphatic rings. The topological polar surface area (TPSA) is 80.8 Å². The molecule has 0 N–H and O–H groups in total. The van der Waals surface area contributed by atoms with Gasteiger partial charge in [-0.05, 0) is 82.3 Å². The summed E-state index contributed by atoms with van der Waals surface area (Å²) in [5, 5.41) is 0.824. The monoisotopic (exact) mass is 697 g/mol. The molecular formula is C37H45Cl2N3O6. The Hall–Kier alpha value is -3.24. The van der Waals surface area contributed by atoms with Gasteiger partial charge >= 0.3 is 0 Å². The van der Waals surface area contributed by atoms with Crippen LogP contribution in [0.25, 0.3) is 0 Å². The number of hydrogen-bond acceptors (Lipinski definition) is 7. The van der Waals surface area contributed by atoms with Crippen molar-refractivity contribution >= 4 is 35.0 Å². The molecule has 3 fully saturated rings. The van der Waals surface area contributed by atoms with E-state index in [4.69, 9.17) is 42.1 Å². The second-order valence-electron chi connectivity index (χ2n) is 13.0. The SMILES string of the molecule is COc1cc(C(=O)N2C[C@@H](CCC3(N4CCCCC4)C=CC(C(=O)N4CCCC4)=CC3)OC2c2ccc(Cl)c(Cl)c2)cc(OC)c1OC. The normalized spacial score (nSPS) is 24.5. The maximum atomic E-state index is 14.3. The van der Waals surface area contributed by atoms with Gasteiger partial charge in [-0.2, -0.15) is 0 Å². The van der Waals surface area contributed by atoms with Crippen molar-refractivity contribution in [3.05, 3.63) is 75.3 Å². The van der Waals surface area contributed by atoms with E-state index in [0.29, 0.717) is 39.4 Å². The molecule has 2 aromatic carbocycles. The number of likely N-dealkylation sites (tertiary alicyclic amines) is 2. The Kier molecular flexibility index (Phi) is 10.9. The summed E-state index contributed by atoms with van der Waals surface area (Å²) >= 11 is 12.7. The van der Waals surface area contributed by atoms with Gasteiger partial charge < -0.3 is 28.7 Å². The highest BCUT2D eigenvalue weighted by molar-refractivity contribution is 6.42. The van der Waals surface area contributed by atoms with E-state index in [-0.39, 0.29) is 23.5 Å². The molecule has 2 amide bonds. The summed E-state index contributed by atoms with van der Waals surface area (Å²) in [6.07, 6.45) is 13.6. The van der Waals surface area contributed by atoms with E-state index >= 15 is 0 Å². The van der Waals surface area contributed by atoms with Gasteiger partial charge in [-0.25, -0.2) is 0 Å². The minimum Gasteiger partial charge on any atom is -0.493 e. The van der Waals surface area contributed by atoms with E-state index < -0.39 is 6.23 Å². The Labute approximate surface area is 293 Å². The van der Waals surface area contributed by atoms with Gasteiger partial charge in [0.2, 0.25) is 5.75 Å². The fourth-order valence-corrected chi connectivity index (χ4v) is 7.82. The predicted octanol–water partition coefficient (Wildman–Crippen LogP) is 7.07. The van der Waals surface area contributed by atoms with Gasteiger partial charge in [0.15, 0.2) is 17.7 Å². The molecule has 258 valence electrons. The number of halogens is 2. The molecule has 9 nitrogen and oxygen atoms in total. The highest BCUT2D eigenvalue weighted by Gasteiger charge is 2.42. The standard InChI is InChI=1S/C37H45Cl2N3O6/c1-45-31-22-27(23-32(46-2)33(31)47-3)35(44)42-24-28(48-36(42)26-9-10-29(38)30(39)21-26)13-16-37(41-19-5-4-6-20-41)14-11-25(12-15-37)34(43)40-17-7-8-18-40/h9-12,14,21-23,28,36H,4-8,13,15-20,24H2,1-3H3/t28-,36?,37?/m1/s1. The van der Waals surface area contributed by atoms with Crippen LogP contribution in [0.3, 0.4) is 0 Å². The third-order valence-electron chi connectivity index (χ3n) is 10.2. The molecule has 48 heavy (non-hydrogen) atoms. The zero-order valence-electron chi connectivity index (χ0n) is 28.0. The van der Waals surface area contributed by atoms with E-state index in [1.807, 2.05) is 17.0 Å². The Morgan fingerprint density at radius 1 is 0.875 bits per heavy atom. The second-order valence-corrected chi connectivity index (χ2v) is 13.9. The first-order valence-corrected chi connectivity index (χ1v) is 17.7. The van der Waals surface area contributed by atoms with E-state index in [1.165, 1.54) is 27.8 Å². The lowest BCUT2D eigenvalue weighted by Gasteiger charge is -2.45. The van der Waals surface area contributed by atoms with Gasteiger partial charge in [0.1, 0.15) is 0 Å². The van der Waals surface area contributed by atoms with Crippen LogP contribution in [0.2, 0.25) is 10.0 Å². The van der Waals surface area contributed by atoms with Crippen LogP contribution < -0.4 is 14.2 Å². The van der Waals surface area contributed by atoms with Crippen LogP contribution in [0.1, 0.15) is 73.5 Å². The molecule has 3 aliphatic heterocycles. The zero-order valence-corrected chi connectivity index (χ0v) is 29.5. The van der Waals surface area contributed by atoms with Crippen molar-refractivity contribution in [2.24, 2.45) is 0 Å². The van der Waals surface area contributed by atoms with Crippen LogP contribution in [-0.2, 0) is 9.53 Å². The van der Waals surface area contributed by atoms with Crippen LogP contribution >= 0.6 is 23.2 Å². The maximum absolute atomic E-state index is 14.3. The number of ether oxygens (including phenoxy) is 4. The number of amides is 2. The molecule has 2 unspecified atom stereocenters. The van der Waals surface area contributed by atoms with Crippen LogP contribution in [0.15, 0.2) is 54.1 Å². The first-order chi connectivity index (χ1) is 23.3. The number of carbonyl (C=O) groups excluding carboxylic acids is 2. The first kappa shape index (κ1) is 34.6. The number of rotatable bonds is 10. The van der Waals surface area contributed by atoms with Crippen molar-refractivity contribution in [3.63, 3.8) is 0 Å². The molecule has 1 aliphatic carbocycles. The molecule has 3 atom stereocenters. The third-order valence-corrected chi connectivity index (χ3v) is 10.9. The number of benzene rings is 2. The smallest absolute Gasteiger partial charge is 0.256 e. The second kappa shape index (κ2) is 15.1. The van der Waals surface area contributed by atoms with Crippen molar-refractivity contribution in [2.45, 2.75) is 69.2 Å². The van der Waals surface area contributed by atoms with Gasteiger partial charge in [0, 0.05) is 35.3 Å². The largest absolute Gasteiger partial charge is 0.493 e. The van der Waals surface area contributed by atoms with E-state index in [0.717, 1.165) is 82.3 Å². The molecule has 2 aromatic rings. The van der Waals surface area contributed by atoms with E-state index in [1.54, 1.807) is 29.2 Å². The Balaban J connectivity index is 1.25. The van der Waals surface area contributed by atoms with Crippen LogP contribution in [0, 0.1) is 0 Å². The summed E-state index contributed by atoms with van der Waals surface area (Å²) in [5.41, 5.74) is 1.71. The van der Waals surface area contributed by atoms with Crippen LogP contribution in [-0.4, -0.2) is 92.2 Å². The molecular weight excluding hydrogens is 653 g/mol. The number of carbonyl (C=O) groups is 2. The lowest BCUT2D eigenvalue weighted by molar-refractivity contribution is -0.125. The minimum absolute atomic E-state index is 0.139. The minimum atomic E-state index is -0.672. The molecule has 0 aromatic heterocycles. The zero-order chi connectivity index (χ0) is 33.8. The Morgan fingerprint density at radius 2 is 1.56 bits per heavy atom. The molecule has 3 saturated heterocycles. The highest BCUT2D eigenvalue weighted by Crippen LogP contribution is 2.42. The Bertz CT molecular complexity index is 1540. The number of nitrogens with zero attached hydrogens (tertiary/aromatic N) is 3. The lowest BCUT2D eigenvalue weighted by atomic mass is 9.81. The van der Waals surface area contributed by atoms with Crippen molar-refractivity contribution < 1.29 is 28.5 Å². The average molecular weight is 699 g/mol. The number of methoxy groups -OCH3 is 3. The van der Waals surface area contributed by atoms with Gasteiger partial charge in [-0.3, -0.25) is 14.5 Å². The van der Waals surface area contributed by atoms with E-state index in [2.05, 4.69) is 17.1 Å². The maximum Gasteiger partial charge on any atom is 0.256 e. The molecule has 0 bridgehead atoms. The summed E-state index contributed by atoms with van der Waals surface area (Å²) in [6, 6.07) is 8.65. The molecule has 3 heterocycles. The van der Waals surface area contributed by atoms with Gasteiger partial charge in [0.25, 0.3) is 11.8 Å². The third kappa shape index (κ3) is 7.06. The van der Waals surface area contributed by atoms with Crippen molar-refractivity contribution in [1.82, 2.24) is 14.7 Å². The van der Waals surface area contributed by atoms with Gasteiger partial charge in [0.05, 0.1) is 44.0 Å². The Morgan fingerprint density at radius 3 is 2.17 bits per heavy atom. The van der Waals surface area contributed by atoms with Gasteiger partial charge in [-0.15, -0.1) is 0 Å². The average Bonchev–Trinajstić information content (AvgIpc) is 3.82. The van der Waals surface area contributed by atoms with E-state index in [9.17, 15) is 9.59 Å². The summed E-state index contributed by atoms with van der Waals surface area (Å²) in [6.45, 7) is 4.11.